The molecule has 0 saturated carbocycles. The average Bonchev–Trinajstić information content (AvgIpc) is 2.57. The van der Waals surface area contributed by atoms with Crippen LogP contribution in [0.5, 0.6) is 5.75 Å². The number of anilines is 1. The van der Waals surface area contributed by atoms with Crippen LogP contribution in [0.1, 0.15) is 0 Å². The third kappa shape index (κ3) is 7.32. The van der Waals surface area contributed by atoms with Crippen molar-refractivity contribution in [3.63, 3.8) is 0 Å². The monoisotopic (exact) mass is 321 g/mol. The van der Waals surface area contributed by atoms with Crippen molar-refractivity contribution in [2.75, 3.05) is 18.5 Å². The molecule has 8 heteroatoms. The summed E-state index contributed by atoms with van der Waals surface area (Å²) in [5, 5.41) is 2.45. The Bertz CT molecular complexity index is 580. The second-order valence-corrected chi connectivity index (χ2v) is 3.85. The Hall–Kier alpha value is -3.29. The van der Waals surface area contributed by atoms with Gasteiger partial charge in [0.15, 0.2) is 5.75 Å². The summed E-state index contributed by atoms with van der Waals surface area (Å²) in [5.41, 5.74) is 0.431. The Morgan fingerprint density at radius 1 is 0.957 bits per heavy atom. The molecule has 0 saturated heterocycles. The Morgan fingerprint density at radius 2 is 1.57 bits per heavy atom. The van der Waals surface area contributed by atoms with E-state index in [1.807, 2.05) is 0 Å². The van der Waals surface area contributed by atoms with Crippen molar-refractivity contribution < 1.29 is 33.6 Å². The van der Waals surface area contributed by atoms with Gasteiger partial charge in [0.25, 0.3) is 0 Å². The number of carbonyl (C=O) groups excluding carboxylic acids is 3. The van der Waals surface area contributed by atoms with Crippen molar-refractivity contribution in [2.45, 2.75) is 0 Å². The quantitative estimate of drug-likeness (QED) is 0.257. The van der Waals surface area contributed by atoms with Crippen LogP contribution >= 0.6 is 0 Å². The molecule has 23 heavy (non-hydrogen) atoms. The first kappa shape index (κ1) is 17.8. The van der Waals surface area contributed by atoms with Gasteiger partial charge in [-0.1, -0.05) is 13.2 Å². The van der Waals surface area contributed by atoms with E-state index in [9.17, 15) is 14.4 Å². The maximum Gasteiger partial charge on any atom is 0.411 e. The van der Waals surface area contributed by atoms with Crippen LogP contribution in [0.3, 0.4) is 0 Å². The second-order valence-electron chi connectivity index (χ2n) is 3.85. The summed E-state index contributed by atoms with van der Waals surface area (Å²) < 4.78 is 9.43. The molecule has 1 N–H and O–H groups in total. The zero-order chi connectivity index (χ0) is 17.1. The van der Waals surface area contributed by atoms with Crippen molar-refractivity contribution in [1.82, 2.24) is 0 Å². The fourth-order valence-corrected chi connectivity index (χ4v) is 1.21. The molecule has 0 aliphatic heterocycles. The number of rotatable bonds is 8. The molecule has 0 aliphatic rings. The molecule has 1 amide bonds. The molecule has 1 rings (SSSR count). The van der Waals surface area contributed by atoms with Gasteiger partial charge in [0.2, 0.25) is 0 Å². The number of nitrogens with one attached hydrogen (secondary N) is 1. The summed E-state index contributed by atoms with van der Waals surface area (Å²) in [7, 11) is 0. The topological polar surface area (TPSA) is 100 Å². The zero-order valence-electron chi connectivity index (χ0n) is 12.2. The minimum absolute atomic E-state index is 0.0697. The van der Waals surface area contributed by atoms with E-state index in [0.29, 0.717) is 5.69 Å². The van der Waals surface area contributed by atoms with Gasteiger partial charge in [0.1, 0.15) is 13.2 Å². The molecule has 0 aliphatic carbocycles. The molecule has 1 aromatic carbocycles. The van der Waals surface area contributed by atoms with E-state index in [0.717, 1.165) is 12.2 Å². The molecule has 0 bridgehead atoms. The first-order chi connectivity index (χ1) is 11.0. The molecular weight excluding hydrogens is 306 g/mol. The SMILES string of the molecule is C=CC(=O)OCCOC(=O)Nc1ccc(OOC(=O)C=C)cc1. The van der Waals surface area contributed by atoms with E-state index in [-0.39, 0.29) is 19.0 Å². The van der Waals surface area contributed by atoms with Gasteiger partial charge in [-0.05, 0) is 24.3 Å². The third-order valence-corrected chi connectivity index (χ3v) is 2.21. The molecule has 0 spiro atoms. The van der Waals surface area contributed by atoms with Gasteiger partial charge in [0.05, 0.1) is 0 Å². The molecule has 0 fully saturated rings. The van der Waals surface area contributed by atoms with Crippen molar-refractivity contribution in [3.05, 3.63) is 49.6 Å². The smallest absolute Gasteiger partial charge is 0.411 e. The van der Waals surface area contributed by atoms with Gasteiger partial charge in [-0.15, -0.1) is 0 Å². The highest BCUT2D eigenvalue weighted by atomic mass is 17.2. The van der Waals surface area contributed by atoms with Crippen LogP contribution in [0.15, 0.2) is 49.6 Å². The number of hydrogen-bond donors (Lipinski definition) is 1. The number of amides is 1. The van der Waals surface area contributed by atoms with Crippen molar-refractivity contribution in [2.24, 2.45) is 0 Å². The fourth-order valence-electron chi connectivity index (χ4n) is 1.21. The summed E-state index contributed by atoms with van der Waals surface area (Å²) in [6.07, 6.45) is 1.25. The van der Waals surface area contributed by atoms with Gasteiger partial charge in [-0.2, -0.15) is 0 Å². The summed E-state index contributed by atoms with van der Waals surface area (Å²) in [5.74, 6) is -1.06. The molecule has 0 heterocycles. The highest BCUT2D eigenvalue weighted by Crippen LogP contribution is 2.16. The lowest BCUT2D eigenvalue weighted by Gasteiger charge is -2.08. The van der Waals surface area contributed by atoms with E-state index in [1.165, 1.54) is 24.3 Å². The van der Waals surface area contributed by atoms with Crippen LogP contribution in [0.2, 0.25) is 0 Å². The Balaban J connectivity index is 2.32. The molecule has 0 aromatic heterocycles. The van der Waals surface area contributed by atoms with Crippen molar-refractivity contribution in [1.29, 1.82) is 0 Å². The Morgan fingerprint density at radius 3 is 2.17 bits per heavy atom. The minimum atomic E-state index is -0.729. The summed E-state index contributed by atoms with van der Waals surface area (Å²) in [6.45, 7) is 6.28. The normalized spacial score (nSPS) is 9.22. The summed E-state index contributed by atoms with van der Waals surface area (Å²) in [6, 6.07) is 5.96. The van der Waals surface area contributed by atoms with E-state index < -0.39 is 18.0 Å². The van der Waals surface area contributed by atoms with E-state index in [2.05, 4.69) is 28.1 Å². The number of ether oxygens (including phenoxy) is 2. The lowest BCUT2D eigenvalue weighted by molar-refractivity contribution is -0.207. The number of benzene rings is 1. The highest BCUT2D eigenvalue weighted by molar-refractivity contribution is 5.84. The molecule has 8 nitrogen and oxygen atoms in total. The van der Waals surface area contributed by atoms with Crippen LogP contribution in [0, 0.1) is 0 Å². The van der Waals surface area contributed by atoms with Crippen LogP contribution in [-0.4, -0.2) is 31.2 Å². The van der Waals surface area contributed by atoms with Gasteiger partial charge in [-0.3, -0.25) is 10.2 Å². The number of esters is 1. The largest absolute Gasteiger partial charge is 0.459 e. The molecule has 122 valence electrons. The van der Waals surface area contributed by atoms with E-state index in [1.54, 1.807) is 0 Å². The van der Waals surface area contributed by atoms with Crippen LogP contribution < -0.4 is 10.2 Å². The lowest BCUT2D eigenvalue weighted by atomic mass is 10.3. The summed E-state index contributed by atoms with van der Waals surface area (Å²) >= 11 is 0. The number of hydrogen-bond acceptors (Lipinski definition) is 7. The zero-order valence-corrected chi connectivity index (χ0v) is 12.2. The van der Waals surface area contributed by atoms with Gasteiger partial charge in [-0.25, -0.2) is 19.3 Å². The van der Waals surface area contributed by atoms with Crippen LogP contribution in [0.4, 0.5) is 10.5 Å². The average molecular weight is 321 g/mol. The van der Waals surface area contributed by atoms with Crippen LogP contribution in [-0.2, 0) is 24.0 Å². The highest BCUT2D eigenvalue weighted by Gasteiger charge is 2.05. The standard InChI is InChI=1S/C15H15NO7/c1-3-13(17)20-9-10-21-15(19)16-11-5-7-12(8-6-11)22-23-14(18)4-2/h3-8H,1-2,9-10H2,(H,16,19). The number of carbonyl (C=O) groups is 3. The summed E-state index contributed by atoms with van der Waals surface area (Å²) in [4.78, 5) is 42.1. The minimum Gasteiger partial charge on any atom is -0.459 e. The second kappa shape index (κ2) is 9.61. The maximum atomic E-state index is 11.5. The maximum absolute atomic E-state index is 11.5. The lowest BCUT2D eigenvalue weighted by Crippen LogP contribution is -2.17. The first-order valence-corrected chi connectivity index (χ1v) is 6.39. The van der Waals surface area contributed by atoms with Gasteiger partial charge < -0.3 is 9.47 Å². The molecule has 0 unspecified atom stereocenters. The van der Waals surface area contributed by atoms with Gasteiger partial charge >= 0.3 is 18.0 Å². The molecule has 1 aromatic rings. The van der Waals surface area contributed by atoms with Gasteiger partial charge in [0, 0.05) is 17.8 Å². The van der Waals surface area contributed by atoms with Crippen molar-refractivity contribution in [3.8, 4) is 5.75 Å². The van der Waals surface area contributed by atoms with E-state index in [4.69, 9.17) is 9.62 Å². The van der Waals surface area contributed by atoms with E-state index >= 15 is 0 Å². The molecule has 0 atom stereocenters. The first-order valence-electron chi connectivity index (χ1n) is 6.39. The third-order valence-electron chi connectivity index (χ3n) is 2.21. The molecule has 0 radical (unpaired) electrons. The predicted molar refractivity (Wildman–Crippen MR) is 79.5 cm³/mol. The van der Waals surface area contributed by atoms with Crippen LogP contribution in [0.25, 0.3) is 0 Å². The Kier molecular flexibility index (Phi) is 7.42. The molecular formula is C15H15NO7. The predicted octanol–water partition coefficient (Wildman–Crippen LogP) is 1.99. The Labute approximate surface area is 132 Å². The van der Waals surface area contributed by atoms with Crippen molar-refractivity contribution >= 4 is 23.7 Å². The fraction of sp³-hybridized carbons (Fsp3) is 0.133.